The number of piperidine rings is 1. The topological polar surface area (TPSA) is 65.5 Å². The normalized spacial score (nSPS) is 15.0. The SMILES string of the molecule is CN(C)S(=O)(=O)c1cccc(NCc2cc3ccccc3nc2N2CCCCC2)c1. The second kappa shape index (κ2) is 8.62. The summed E-state index contributed by atoms with van der Waals surface area (Å²) in [7, 11) is -0.378. The van der Waals surface area contributed by atoms with Gasteiger partial charge in [0.1, 0.15) is 5.82 Å². The van der Waals surface area contributed by atoms with Crippen molar-refractivity contribution in [3.8, 4) is 0 Å². The average Bonchev–Trinajstić information content (AvgIpc) is 2.77. The van der Waals surface area contributed by atoms with E-state index in [0.29, 0.717) is 6.54 Å². The van der Waals surface area contributed by atoms with Crippen LogP contribution in [-0.2, 0) is 16.6 Å². The second-order valence-corrected chi connectivity index (χ2v) is 10.0. The Morgan fingerprint density at radius 1 is 1.00 bits per heavy atom. The molecular formula is C23H28N4O2S. The summed E-state index contributed by atoms with van der Waals surface area (Å²) in [5, 5.41) is 4.52. The summed E-state index contributed by atoms with van der Waals surface area (Å²) < 4.78 is 26.1. The molecule has 30 heavy (non-hydrogen) atoms. The van der Waals surface area contributed by atoms with Crippen LogP contribution in [0.5, 0.6) is 0 Å². The largest absolute Gasteiger partial charge is 0.381 e. The summed E-state index contributed by atoms with van der Waals surface area (Å²) in [5.74, 6) is 1.03. The molecule has 2 aromatic carbocycles. The Morgan fingerprint density at radius 2 is 1.77 bits per heavy atom. The predicted octanol–water partition coefficient (Wildman–Crippen LogP) is 4.09. The highest BCUT2D eigenvalue weighted by molar-refractivity contribution is 7.89. The molecule has 2 heterocycles. The first-order valence-electron chi connectivity index (χ1n) is 10.4. The lowest BCUT2D eigenvalue weighted by Crippen LogP contribution is -2.31. The van der Waals surface area contributed by atoms with Gasteiger partial charge in [0.15, 0.2) is 0 Å². The van der Waals surface area contributed by atoms with Crippen LogP contribution in [0.25, 0.3) is 10.9 Å². The highest BCUT2D eigenvalue weighted by atomic mass is 32.2. The number of para-hydroxylation sites is 1. The maximum atomic E-state index is 12.4. The molecule has 0 radical (unpaired) electrons. The summed E-state index contributed by atoms with van der Waals surface area (Å²) in [5.41, 5.74) is 2.90. The van der Waals surface area contributed by atoms with E-state index in [-0.39, 0.29) is 4.90 Å². The fraction of sp³-hybridized carbons (Fsp3) is 0.348. The number of nitrogens with one attached hydrogen (secondary N) is 1. The molecule has 0 atom stereocenters. The van der Waals surface area contributed by atoms with Gasteiger partial charge in [0, 0.05) is 50.4 Å². The molecule has 0 saturated carbocycles. The Labute approximate surface area is 178 Å². The van der Waals surface area contributed by atoms with Crippen LogP contribution in [0.2, 0.25) is 0 Å². The molecule has 7 heteroatoms. The molecule has 1 aliphatic heterocycles. The van der Waals surface area contributed by atoms with Crippen molar-refractivity contribution in [1.29, 1.82) is 0 Å². The molecule has 6 nitrogen and oxygen atoms in total. The highest BCUT2D eigenvalue weighted by Crippen LogP contribution is 2.27. The van der Waals surface area contributed by atoms with Crippen molar-refractivity contribution in [2.45, 2.75) is 30.7 Å². The van der Waals surface area contributed by atoms with Gasteiger partial charge >= 0.3 is 0 Å². The van der Waals surface area contributed by atoms with Crippen molar-refractivity contribution in [3.63, 3.8) is 0 Å². The van der Waals surface area contributed by atoms with Crippen LogP contribution in [0, 0.1) is 0 Å². The fourth-order valence-electron chi connectivity index (χ4n) is 3.83. The third kappa shape index (κ3) is 4.27. The van der Waals surface area contributed by atoms with Gasteiger partial charge in [-0.3, -0.25) is 0 Å². The van der Waals surface area contributed by atoms with Crippen LogP contribution in [-0.4, -0.2) is 44.9 Å². The van der Waals surface area contributed by atoms with E-state index in [0.717, 1.165) is 41.1 Å². The van der Waals surface area contributed by atoms with Crippen molar-refractivity contribution < 1.29 is 8.42 Å². The molecule has 4 rings (SSSR count). The van der Waals surface area contributed by atoms with E-state index in [4.69, 9.17) is 4.98 Å². The first kappa shape index (κ1) is 20.6. The second-order valence-electron chi connectivity index (χ2n) is 7.88. The first-order chi connectivity index (χ1) is 14.4. The third-order valence-corrected chi connectivity index (χ3v) is 7.34. The molecule has 158 valence electrons. The smallest absolute Gasteiger partial charge is 0.242 e. The average molecular weight is 425 g/mol. The minimum atomic E-state index is -3.46. The van der Waals surface area contributed by atoms with E-state index >= 15 is 0 Å². The van der Waals surface area contributed by atoms with Crippen molar-refractivity contribution in [2.75, 3.05) is 37.4 Å². The van der Waals surface area contributed by atoms with Crippen molar-refractivity contribution in [1.82, 2.24) is 9.29 Å². The molecule has 1 N–H and O–H groups in total. The zero-order valence-electron chi connectivity index (χ0n) is 17.5. The summed E-state index contributed by atoms with van der Waals surface area (Å²) >= 11 is 0. The summed E-state index contributed by atoms with van der Waals surface area (Å²) in [6.07, 6.45) is 3.64. The van der Waals surface area contributed by atoms with Gasteiger partial charge in [-0.15, -0.1) is 0 Å². The molecule has 3 aromatic rings. The molecule has 0 aliphatic carbocycles. The molecule has 1 fully saturated rings. The number of pyridine rings is 1. The minimum absolute atomic E-state index is 0.283. The Bertz CT molecular complexity index is 1140. The molecule has 1 saturated heterocycles. The Kier molecular flexibility index (Phi) is 5.92. The quantitative estimate of drug-likeness (QED) is 0.646. The molecule has 0 bridgehead atoms. The van der Waals surface area contributed by atoms with Crippen LogP contribution in [0.3, 0.4) is 0 Å². The number of nitrogens with zero attached hydrogens (tertiary/aromatic N) is 3. The molecular weight excluding hydrogens is 396 g/mol. The Balaban J connectivity index is 1.63. The number of aromatic nitrogens is 1. The maximum Gasteiger partial charge on any atom is 0.242 e. The van der Waals surface area contributed by atoms with Crippen molar-refractivity contribution in [3.05, 3.63) is 60.2 Å². The lowest BCUT2D eigenvalue weighted by atomic mass is 10.1. The van der Waals surface area contributed by atoms with E-state index in [2.05, 4.69) is 28.4 Å². The van der Waals surface area contributed by atoms with Crippen LogP contribution in [0.4, 0.5) is 11.5 Å². The van der Waals surface area contributed by atoms with E-state index in [1.165, 1.54) is 23.6 Å². The first-order valence-corrected chi connectivity index (χ1v) is 11.8. The van der Waals surface area contributed by atoms with Crippen molar-refractivity contribution in [2.24, 2.45) is 0 Å². The molecule has 0 unspecified atom stereocenters. The van der Waals surface area contributed by atoms with Gasteiger partial charge < -0.3 is 10.2 Å². The van der Waals surface area contributed by atoms with E-state index < -0.39 is 10.0 Å². The zero-order chi connectivity index (χ0) is 21.1. The van der Waals surface area contributed by atoms with Crippen LogP contribution < -0.4 is 10.2 Å². The van der Waals surface area contributed by atoms with Gasteiger partial charge in [0.2, 0.25) is 10.0 Å². The lowest BCUT2D eigenvalue weighted by Gasteiger charge is -2.30. The standard InChI is InChI=1S/C23H28N4O2S/c1-26(2)30(28,29)21-11-8-10-20(16-21)24-17-19-15-18-9-4-5-12-22(18)25-23(19)27-13-6-3-7-14-27/h4-5,8-12,15-16,24H,3,6-7,13-14,17H2,1-2H3. The van der Waals surface area contributed by atoms with E-state index in [1.54, 1.807) is 32.3 Å². The van der Waals surface area contributed by atoms with E-state index in [1.807, 2.05) is 18.2 Å². The summed E-state index contributed by atoms with van der Waals surface area (Å²) in [6, 6.07) is 17.3. The zero-order valence-corrected chi connectivity index (χ0v) is 18.3. The molecule has 0 amide bonds. The van der Waals surface area contributed by atoms with Gasteiger partial charge in [-0.25, -0.2) is 17.7 Å². The Morgan fingerprint density at radius 3 is 2.53 bits per heavy atom. The lowest BCUT2D eigenvalue weighted by molar-refractivity contribution is 0.521. The number of anilines is 2. The third-order valence-electron chi connectivity index (χ3n) is 5.53. The fourth-order valence-corrected chi connectivity index (χ4v) is 4.78. The monoisotopic (exact) mass is 424 g/mol. The molecule has 0 spiro atoms. The summed E-state index contributed by atoms with van der Waals surface area (Å²) in [4.78, 5) is 7.63. The highest BCUT2D eigenvalue weighted by Gasteiger charge is 2.19. The molecule has 1 aliphatic rings. The Hall–Kier alpha value is -2.64. The van der Waals surface area contributed by atoms with Crippen LogP contribution >= 0.6 is 0 Å². The number of sulfonamides is 1. The van der Waals surface area contributed by atoms with Crippen LogP contribution in [0.15, 0.2) is 59.5 Å². The van der Waals surface area contributed by atoms with Gasteiger partial charge in [0.05, 0.1) is 10.4 Å². The minimum Gasteiger partial charge on any atom is -0.381 e. The van der Waals surface area contributed by atoms with Gasteiger partial charge in [0.25, 0.3) is 0 Å². The maximum absolute atomic E-state index is 12.4. The van der Waals surface area contributed by atoms with Gasteiger partial charge in [-0.05, 0) is 49.6 Å². The number of rotatable bonds is 6. The predicted molar refractivity (Wildman–Crippen MR) is 122 cm³/mol. The van der Waals surface area contributed by atoms with E-state index in [9.17, 15) is 8.42 Å². The number of fused-ring (bicyclic) bond motifs is 1. The van der Waals surface area contributed by atoms with Gasteiger partial charge in [-0.2, -0.15) is 0 Å². The van der Waals surface area contributed by atoms with Gasteiger partial charge in [-0.1, -0.05) is 24.3 Å². The summed E-state index contributed by atoms with van der Waals surface area (Å²) in [6.45, 7) is 2.62. The molecule has 1 aromatic heterocycles. The number of benzene rings is 2. The number of hydrogen-bond acceptors (Lipinski definition) is 5. The number of hydrogen-bond donors (Lipinski definition) is 1. The van der Waals surface area contributed by atoms with Crippen LogP contribution in [0.1, 0.15) is 24.8 Å². The van der Waals surface area contributed by atoms with Crippen molar-refractivity contribution >= 4 is 32.4 Å².